The van der Waals surface area contributed by atoms with Crippen molar-refractivity contribution in [1.29, 1.82) is 0 Å². The molecule has 0 aliphatic heterocycles. The van der Waals surface area contributed by atoms with E-state index in [1.165, 1.54) is 5.56 Å². The van der Waals surface area contributed by atoms with Gasteiger partial charge in [-0.15, -0.1) is 11.6 Å². The molecule has 0 unspecified atom stereocenters. The molecule has 0 radical (unpaired) electrons. The minimum Gasteiger partial charge on any atom is -0.355 e. The first kappa shape index (κ1) is 16.0. The molecular weight excluding hydrogens is 258 g/mol. The molecule has 1 rings (SSSR count). The van der Waals surface area contributed by atoms with Crippen molar-refractivity contribution in [2.75, 3.05) is 12.4 Å². The van der Waals surface area contributed by atoms with Crippen molar-refractivity contribution in [3.8, 4) is 0 Å². The zero-order chi connectivity index (χ0) is 14.1. The molecule has 0 fully saturated rings. The predicted octanol–water partition coefficient (Wildman–Crippen LogP) is 3.78. The molecule has 2 nitrogen and oxygen atoms in total. The Labute approximate surface area is 121 Å². The molecule has 1 aromatic rings. The van der Waals surface area contributed by atoms with Gasteiger partial charge in [0.25, 0.3) is 0 Å². The molecule has 0 aliphatic rings. The molecule has 1 amide bonds. The van der Waals surface area contributed by atoms with E-state index in [1.807, 2.05) is 18.2 Å². The smallest absolute Gasteiger partial charge is 0.220 e. The van der Waals surface area contributed by atoms with Gasteiger partial charge in [0.05, 0.1) is 0 Å². The van der Waals surface area contributed by atoms with Crippen LogP contribution in [0.1, 0.15) is 38.7 Å². The lowest BCUT2D eigenvalue weighted by Gasteiger charge is -2.29. The van der Waals surface area contributed by atoms with Gasteiger partial charge in [0.2, 0.25) is 5.91 Å². The van der Waals surface area contributed by atoms with Gasteiger partial charge < -0.3 is 5.32 Å². The van der Waals surface area contributed by atoms with Crippen molar-refractivity contribution in [3.63, 3.8) is 0 Å². The van der Waals surface area contributed by atoms with Gasteiger partial charge in [0, 0.05) is 24.3 Å². The summed E-state index contributed by atoms with van der Waals surface area (Å²) in [6, 6.07) is 10.1. The fourth-order valence-corrected chi connectivity index (χ4v) is 2.49. The lowest BCUT2D eigenvalue weighted by Crippen LogP contribution is -2.38. The largest absolute Gasteiger partial charge is 0.355 e. The molecular formula is C16H24ClNO. The number of nitrogens with one attached hydrogen (secondary N) is 1. The first-order chi connectivity index (χ1) is 9.15. The van der Waals surface area contributed by atoms with Crippen LogP contribution in [0.15, 0.2) is 30.3 Å². The Balaban J connectivity index is 2.35. The van der Waals surface area contributed by atoms with Crippen LogP contribution in [0, 0.1) is 5.41 Å². The fraction of sp³-hybridized carbons (Fsp3) is 0.562. The number of carbonyl (C=O) groups excluding carboxylic acids is 1. The molecule has 0 saturated heterocycles. The highest BCUT2D eigenvalue weighted by Crippen LogP contribution is 2.26. The topological polar surface area (TPSA) is 29.1 Å². The van der Waals surface area contributed by atoms with Crippen LogP contribution in [0.4, 0.5) is 0 Å². The van der Waals surface area contributed by atoms with Crippen LogP contribution >= 0.6 is 11.6 Å². The van der Waals surface area contributed by atoms with Gasteiger partial charge in [-0.3, -0.25) is 4.79 Å². The van der Waals surface area contributed by atoms with Crippen molar-refractivity contribution < 1.29 is 4.79 Å². The Morgan fingerprint density at radius 2 is 1.84 bits per heavy atom. The summed E-state index contributed by atoms with van der Waals surface area (Å²) in [7, 11) is 0. The second-order valence-corrected chi connectivity index (χ2v) is 5.37. The maximum Gasteiger partial charge on any atom is 0.220 e. The van der Waals surface area contributed by atoms with Gasteiger partial charge in [-0.1, -0.05) is 44.2 Å². The summed E-state index contributed by atoms with van der Waals surface area (Å²) < 4.78 is 0. The van der Waals surface area contributed by atoms with Gasteiger partial charge in [0.1, 0.15) is 0 Å². The van der Waals surface area contributed by atoms with Crippen LogP contribution < -0.4 is 5.32 Å². The van der Waals surface area contributed by atoms with Crippen molar-refractivity contribution in [3.05, 3.63) is 35.9 Å². The Kier molecular flexibility index (Phi) is 6.93. The fourth-order valence-electron chi connectivity index (χ4n) is 2.01. The third-order valence-electron chi connectivity index (χ3n) is 3.93. The van der Waals surface area contributed by atoms with Crippen LogP contribution in [0.5, 0.6) is 0 Å². The van der Waals surface area contributed by atoms with Crippen molar-refractivity contribution in [1.82, 2.24) is 5.32 Å². The average Bonchev–Trinajstić information content (AvgIpc) is 2.48. The van der Waals surface area contributed by atoms with Gasteiger partial charge in [-0.05, 0) is 24.8 Å². The zero-order valence-corrected chi connectivity index (χ0v) is 12.7. The molecule has 0 aromatic heterocycles. The normalized spacial score (nSPS) is 11.3. The Morgan fingerprint density at radius 1 is 1.21 bits per heavy atom. The Hall–Kier alpha value is -1.02. The lowest BCUT2D eigenvalue weighted by molar-refractivity contribution is -0.121. The number of benzene rings is 1. The number of amides is 1. The predicted molar refractivity (Wildman–Crippen MR) is 81.5 cm³/mol. The zero-order valence-electron chi connectivity index (χ0n) is 11.9. The summed E-state index contributed by atoms with van der Waals surface area (Å²) in [5.74, 6) is 0.708. The van der Waals surface area contributed by atoms with Gasteiger partial charge in [0.15, 0.2) is 0 Å². The second kappa shape index (κ2) is 8.21. The molecule has 0 spiro atoms. The summed E-state index contributed by atoms with van der Waals surface area (Å²) >= 11 is 6.03. The van der Waals surface area contributed by atoms with E-state index in [1.54, 1.807) is 0 Å². The number of halogens is 1. The molecule has 0 saturated carbocycles. The van der Waals surface area contributed by atoms with Gasteiger partial charge >= 0.3 is 0 Å². The van der Waals surface area contributed by atoms with E-state index >= 15 is 0 Å². The summed E-state index contributed by atoms with van der Waals surface area (Å²) in [4.78, 5) is 11.9. The standard InChI is InChI=1S/C16H24ClNO/c1-3-16(4-2,12-17)13-18-15(19)11-10-14-8-6-5-7-9-14/h5-9H,3-4,10-13H2,1-2H3,(H,18,19). The number of hydrogen-bond donors (Lipinski definition) is 1. The number of alkyl halides is 1. The maximum absolute atomic E-state index is 11.9. The highest BCUT2D eigenvalue weighted by Gasteiger charge is 2.25. The van der Waals surface area contributed by atoms with Crippen LogP contribution in [0.3, 0.4) is 0 Å². The SMILES string of the molecule is CCC(CC)(CCl)CNC(=O)CCc1ccccc1. The Morgan fingerprint density at radius 3 is 2.37 bits per heavy atom. The highest BCUT2D eigenvalue weighted by atomic mass is 35.5. The minimum absolute atomic E-state index is 0.0456. The Bertz CT molecular complexity index is 365. The number of carbonyl (C=O) groups is 1. The lowest BCUT2D eigenvalue weighted by atomic mass is 9.84. The average molecular weight is 282 g/mol. The first-order valence-corrected chi connectivity index (χ1v) is 7.56. The quantitative estimate of drug-likeness (QED) is 0.722. The summed E-state index contributed by atoms with van der Waals surface area (Å²) in [6.45, 7) is 4.93. The second-order valence-electron chi connectivity index (χ2n) is 5.10. The molecule has 0 bridgehead atoms. The van der Waals surface area contributed by atoms with E-state index in [9.17, 15) is 4.79 Å². The van der Waals surface area contributed by atoms with Crippen molar-refractivity contribution in [2.24, 2.45) is 5.41 Å². The molecule has 19 heavy (non-hydrogen) atoms. The molecule has 106 valence electrons. The molecule has 3 heteroatoms. The van der Waals surface area contributed by atoms with Crippen LogP contribution in [-0.2, 0) is 11.2 Å². The summed E-state index contributed by atoms with van der Waals surface area (Å²) in [5.41, 5.74) is 1.25. The van der Waals surface area contributed by atoms with Crippen molar-refractivity contribution >= 4 is 17.5 Å². The molecule has 0 aliphatic carbocycles. The van der Waals surface area contributed by atoms with Gasteiger partial charge in [-0.2, -0.15) is 0 Å². The highest BCUT2D eigenvalue weighted by molar-refractivity contribution is 6.18. The third-order valence-corrected chi connectivity index (χ3v) is 4.49. The number of hydrogen-bond acceptors (Lipinski definition) is 1. The summed E-state index contributed by atoms with van der Waals surface area (Å²) in [5, 5.41) is 3.02. The van der Waals surface area contributed by atoms with E-state index in [4.69, 9.17) is 11.6 Å². The van der Waals surface area contributed by atoms with Gasteiger partial charge in [-0.25, -0.2) is 0 Å². The molecule has 0 atom stereocenters. The number of aryl methyl sites for hydroxylation is 1. The van der Waals surface area contributed by atoms with Crippen LogP contribution in [0.2, 0.25) is 0 Å². The van der Waals surface area contributed by atoms with Crippen molar-refractivity contribution in [2.45, 2.75) is 39.5 Å². The monoisotopic (exact) mass is 281 g/mol. The van der Waals surface area contributed by atoms with Crippen LogP contribution in [-0.4, -0.2) is 18.3 Å². The minimum atomic E-state index is 0.0456. The molecule has 0 heterocycles. The maximum atomic E-state index is 11.9. The van der Waals surface area contributed by atoms with E-state index in [2.05, 4.69) is 31.3 Å². The van der Waals surface area contributed by atoms with E-state index in [0.717, 1.165) is 19.3 Å². The third kappa shape index (κ3) is 5.23. The van der Waals surface area contributed by atoms with E-state index in [0.29, 0.717) is 18.8 Å². The van der Waals surface area contributed by atoms with E-state index < -0.39 is 0 Å². The van der Waals surface area contributed by atoms with Crippen LogP contribution in [0.25, 0.3) is 0 Å². The molecule has 1 aromatic carbocycles. The van der Waals surface area contributed by atoms with E-state index in [-0.39, 0.29) is 11.3 Å². The molecule has 1 N–H and O–H groups in total. The summed E-state index contributed by atoms with van der Waals surface area (Å²) in [6.07, 6.45) is 3.31. The number of rotatable bonds is 8. The first-order valence-electron chi connectivity index (χ1n) is 7.02.